The van der Waals surface area contributed by atoms with E-state index in [4.69, 9.17) is 4.74 Å². The SMILES string of the molecule is COc1cc(/C=C(\F)c2ccc(Nc3ccccc3C)nc2)cc(C2CC2)c1. The van der Waals surface area contributed by atoms with E-state index in [2.05, 4.69) is 10.3 Å². The van der Waals surface area contributed by atoms with Crippen LogP contribution in [0.3, 0.4) is 0 Å². The lowest BCUT2D eigenvalue weighted by molar-refractivity contribution is 0.414. The van der Waals surface area contributed by atoms with Crippen LogP contribution in [0.1, 0.15) is 41.0 Å². The summed E-state index contributed by atoms with van der Waals surface area (Å²) in [5.74, 6) is 1.71. The highest BCUT2D eigenvalue weighted by molar-refractivity contribution is 5.77. The van der Waals surface area contributed by atoms with Gasteiger partial charge in [0.25, 0.3) is 0 Å². The molecule has 0 spiro atoms. The summed E-state index contributed by atoms with van der Waals surface area (Å²) in [5.41, 5.74) is 4.59. The fourth-order valence-corrected chi connectivity index (χ4v) is 3.19. The van der Waals surface area contributed by atoms with Gasteiger partial charge in [0.05, 0.1) is 7.11 Å². The maximum atomic E-state index is 14.8. The van der Waals surface area contributed by atoms with Crippen LogP contribution >= 0.6 is 0 Å². The summed E-state index contributed by atoms with van der Waals surface area (Å²) in [7, 11) is 1.64. The van der Waals surface area contributed by atoms with Crippen molar-refractivity contribution in [3.8, 4) is 5.75 Å². The molecule has 1 heterocycles. The first-order valence-electron chi connectivity index (χ1n) is 9.47. The summed E-state index contributed by atoms with van der Waals surface area (Å²) in [6.45, 7) is 2.03. The van der Waals surface area contributed by atoms with Crippen LogP contribution in [0.2, 0.25) is 0 Å². The molecular formula is C24H23FN2O. The smallest absolute Gasteiger partial charge is 0.132 e. The molecular weight excluding hydrogens is 351 g/mol. The van der Waals surface area contributed by atoms with E-state index in [-0.39, 0.29) is 5.83 Å². The molecule has 1 fully saturated rings. The second-order valence-corrected chi connectivity index (χ2v) is 7.18. The maximum absolute atomic E-state index is 14.8. The van der Waals surface area contributed by atoms with Crippen LogP contribution in [-0.4, -0.2) is 12.1 Å². The highest BCUT2D eigenvalue weighted by Crippen LogP contribution is 2.42. The monoisotopic (exact) mass is 374 g/mol. The quantitative estimate of drug-likeness (QED) is 0.536. The Hall–Kier alpha value is -3.14. The Labute approximate surface area is 164 Å². The van der Waals surface area contributed by atoms with Crippen molar-refractivity contribution in [1.82, 2.24) is 4.98 Å². The van der Waals surface area contributed by atoms with Crippen molar-refractivity contribution >= 4 is 23.4 Å². The minimum absolute atomic E-state index is 0.315. The second-order valence-electron chi connectivity index (χ2n) is 7.18. The van der Waals surface area contributed by atoms with E-state index in [9.17, 15) is 4.39 Å². The molecule has 3 aromatic rings. The molecule has 1 N–H and O–H groups in total. The highest BCUT2D eigenvalue weighted by Gasteiger charge is 2.24. The predicted molar refractivity (Wildman–Crippen MR) is 113 cm³/mol. The molecule has 0 saturated heterocycles. The molecule has 4 rings (SSSR count). The summed E-state index contributed by atoms with van der Waals surface area (Å²) >= 11 is 0. The zero-order valence-corrected chi connectivity index (χ0v) is 16.1. The fourth-order valence-electron chi connectivity index (χ4n) is 3.19. The van der Waals surface area contributed by atoms with Crippen molar-refractivity contribution < 1.29 is 9.13 Å². The van der Waals surface area contributed by atoms with Crippen molar-refractivity contribution in [3.63, 3.8) is 0 Å². The summed E-state index contributed by atoms with van der Waals surface area (Å²) in [6, 6.07) is 17.4. The molecule has 0 amide bonds. The number of halogens is 1. The number of aromatic nitrogens is 1. The van der Waals surface area contributed by atoms with Gasteiger partial charge in [-0.25, -0.2) is 9.37 Å². The summed E-state index contributed by atoms with van der Waals surface area (Å²) in [4.78, 5) is 4.35. The molecule has 0 aliphatic heterocycles. The van der Waals surface area contributed by atoms with E-state index < -0.39 is 0 Å². The van der Waals surface area contributed by atoms with Gasteiger partial charge in [-0.1, -0.05) is 24.3 Å². The predicted octanol–water partition coefficient (Wildman–Crippen LogP) is 6.49. The van der Waals surface area contributed by atoms with E-state index in [0.717, 1.165) is 22.6 Å². The first-order chi connectivity index (χ1) is 13.6. The number of hydrogen-bond acceptors (Lipinski definition) is 3. The van der Waals surface area contributed by atoms with Crippen LogP contribution < -0.4 is 10.1 Å². The van der Waals surface area contributed by atoms with Gasteiger partial charge in [0, 0.05) is 17.4 Å². The Morgan fingerprint density at radius 1 is 1.14 bits per heavy atom. The standard InChI is InChI=1S/C24H23FN2O/c1-16-5-3-4-6-23(16)27-24-10-9-19(15-26-24)22(25)13-17-11-20(18-7-8-18)14-21(12-17)28-2/h3-6,9-15,18H,7-8H2,1-2H3,(H,26,27)/b22-13-. The second kappa shape index (κ2) is 7.85. The molecule has 0 radical (unpaired) electrons. The minimum atomic E-state index is -0.315. The number of rotatable bonds is 6. The van der Waals surface area contributed by atoms with Gasteiger partial charge in [-0.15, -0.1) is 0 Å². The number of nitrogens with zero attached hydrogens (tertiary/aromatic N) is 1. The number of anilines is 2. The molecule has 1 aliphatic carbocycles. The normalized spacial score (nSPS) is 14.0. The molecule has 28 heavy (non-hydrogen) atoms. The van der Waals surface area contributed by atoms with E-state index in [0.29, 0.717) is 17.3 Å². The first-order valence-corrected chi connectivity index (χ1v) is 9.47. The molecule has 0 unspecified atom stereocenters. The lowest BCUT2D eigenvalue weighted by Crippen LogP contribution is -1.95. The Balaban J connectivity index is 1.54. The first kappa shape index (κ1) is 18.2. The fraction of sp³-hybridized carbons (Fsp3) is 0.208. The number of nitrogens with one attached hydrogen (secondary N) is 1. The van der Waals surface area contributed by atoms with Gasteiger partial charge >= 0.3 is 0 Å². The number of ether oxygens (including phenoxy) is 1. The largest absolute Gasteiger partial charge is 0.497 e. The number of para-hydroxylation sites is 1. The van der Waals surface area contributed by atoms with Gasteiger partial charge in [-0.05, 0) is 78.8 Å². The highest BCUT2D eigenvalue weighted by atomic mass is 19.1. The molecule has 3 nitrogen and oxygen atoms in total. The Morgan fingerprint density at radius 3 is 2.64 bits per heavy atom. The van der Waals surface area contributed by atoms with E-state index in [1.54, 1.807) is 31.5 Å². The van der Waals surface area contributed by atoms with Gasteiger partial charge in [-0.3, -0.25) is 0 Å². The van der Waals surface area contributed by atoms with Crippen LogP contribution in [0, 0.1) is 6.92 Å². The maximum Gasteiger partial charge on any atom is 0.132 e. The lowest BCUT2D eigenvalue weighted by atomic mass is 10.0. The van der Waals surface area contributed by atoms with Gasteiger partial charge < -0.3 is 10.1 Å². The van der Waals surface area contributed by atoms with Gasteiger partial charge in [0.15, 0.2) is 0 Å². The summed E-state index contributed by atoms with van der Waals surface area (Å²) < 4.78 is 20.2. The molecule has 1 saturated carbocycles. The van der Waals surface area contributed by atoms with E-state index >= 15 is 0 Å². The number of benzene rings is 2. The number of pyridine rings is 1. The van der Waals surface area contributed by atoms with Crippen LogP contribution in [0.5, 0.6) is 5.75 Å². The molecule has 2 aromatic carbocycles. The molecule has 0 atom stereocenters. The van der Waals surface area contributed by atoms with Crippen molar-refractivity contribution in [2.75, 3.05) is 12.4 Å². The Morgan fingerprint density at radius 2 is 1.96 bits per heavy atom. The topological polar surface area (TPSA) is 34.1 Å². The zero-order valence-electron chi connectivity index (χ0n) is 16.1. The third-order valence-electron chi connectivity index (χ3n) is 4.98. The van der Waals surface area contributed by atoms with Crippen molar-refractivity contribution in [2.24, 2.45) is 0 Å². The van der Waals surface area contributed by atoms with E-state index in [1.165, 1.54) is 18.4 Å². The van der Waals surface area contributed by atoms with Crippen molar-refractivity contribution in [3.05, 3.63) is 83.0 Å². The average Bonchev–Trinajstić information content (AvgIpc) is 3.55. The summed E-state index contributed by atoms with van der Waals surface area (Å²) in [6.07, 6.45) is 5.48. The van der Waals surface area contributed by atoms with Crippen LogP contribution in [0.25, 0.3) is 11.9 Å². The third-order valence-corrected chi connectivity index (χ3v) is 4.98. The Kier molecular flexibility index (Phi) is 5.11. The summed E-state index contributed by atoms with van der Waals surface area (Å²) in [5, 5.41) is 3.26. The van der Waals surface area contributed by atoms with Crippen LogP contribution in [-0.2, 0) is 0 Å². The molecule has 1 aromatic heterocycles. The molecule has 142 valence electrons. The zero-order chi connectivity index (χ0) is 19.5. The van der Waals surface area contributed by atoms with Crippen LogP contribution in [0.15, 0.2) is 60.8 Å². The van der Waals surface area contributed by atoms with Crippen molar-refractivity contribution in [2.45, 2.75) is 25.7 Å². The third kappa shape index (κ3) is 4.22. The average molecular weight is 374 g/mol. The van der Waals surface area contributed by atoms with Gasteiger partial charge in [-0.2, -0.15) is 0 Å². The van der Waals surface area contributed by atoms with Gasteiger partial charge in [0.1, 0.15) is 17.4 Å². The molecule has 4 heteroatoms. The molecule has 1 aliphatic rings. The minimum Gasteiger partial charge on any atom is -0.497 e. The number of hydrogen-bond donors (Lipinski definition) is 1. The lowest BCUT2D eigenvalue weighted by Gasteiger charge is -2.09. The van der Waals surface area contributed by atoms with Crippen molar-refractivity contribution in [1.29, 1.82) is 0 Å². The Bertz CT molecular complexity index is 1010. The number of aryl methyl sites for hydroxylation is 1. The van der Waals surface area contributed by atoms with Gasteiger partial charge in [0.2, 0.25) is 0 Å². The number of methoxy groups -OCH3 is 1. The van der Waals surface area contributed by atoms with E-state index in [1.807, 2.05) is 49.4 Å². The van der Waals surface area contributed by atoms with Crippen LogP contribution in [0.4, 0.5) is 15.9 Å². The molecule has 0 bridgehead atoms.